The van der Waals surface area contributed by atoms with Crippen LogP contribution in [0.3, 0.4) is 0 Å². The number of aliphatic hydroxyl groups excluding tert-OH is 1. The summed E-state index contributed by atoms with van der Waals surface area (Å²) in [5.74, 6) is 0.732. The SMILES string of the molecule is CC[C@@H]1CN(C(=O)[C@@H]2CCNC2)CC[C@H]1O. The molecule has 4 nitrogen and oxygen atoms in total. The number of likely N-dealkylation sites (tertiary alicyclic amines) is 1. The molecule has 3 atom stereocenters. The van der Waals surface area contributed by atoms with E-state index in [0.717, 1.165) is 45.4 Å². The molecule has 2 N–H and O–H groups in total. The third-order valence-electron chi connectivity index (χ3n) is 3.94. The molecule has 2 saturated heterocycles. The molecule has 16 heavy (non-hydrogen) atoms. The van der Waals surface area contributed by atoms with E-state index in [1.54, 1.807) is 0 Å². The molecule has 0 saturated carbocycles. The minimum absolute atomic E-state index is 0.174. The Kier molecular flexibility index (Phi) is 3.82. The Morgan fingerprint density at radius 1 is 1.50 bits per heavy atom. The molecule has 2 rings (SSSR count). The van der Waals surface area contributed by atoms with Crippen LogP contribution in [0.2, 0.25) is 0 Å². The van der Waals surface area contributed by atoms with Gasteiger partial charge in [-0.05, 0) is 25.8 Å². The van der Waals surface area contributed by atoms with E-state index in [2.05, 4.69) is 12.2 Å². The Morgan fingerprint density at radius 2 is 2.31 bits per heavy atom. The van der Waals surface area contributed by atoms with Crippen molar-refractivity contribution in [2.24, 2.45) is 11.8 Å². The van der Waals surface area contributed by atoms with Gasteiger partial charge in [-0.25, -0.2) is 0 Å². The van der Waals surface area contributed by atoms with Crippen LogP contribution in [0.15, 0.2) is 0 Å². The van der Waals surface area contributed by atoms with Crippen LogP contribution < -0.4 is 5.32 Å². The van der Waals surface area contributed by atoms with Crippen molar-refractivity contribution >= 4 is 5.91 Å². The molecule has 4 heteroatoms. The third kappa shape index (κ3) is 2.38. The smallest absolute Gasteiger partial charge is 0.227 e. The predicted molar refractivity (Wildman–Crippen MR) is 62.0 cm³/mol. The minimum atomic E-state index is -0.212. The Labute approximate surface area is 97.0 Å². The fourth-order valence-corrected chi connectivity index (χ4v) is 2.74. The first-order valence-corrected chi connectivity index (χ1v) is 6.40. The first-order chi connectivity index (χ1) is 7.72. The number of nitrogens with one attached hydrogen (secondary N) is 1. The topological polar surface area (TPSA) is 52.6 Å². The average molecular weight is 226 g/mol. The molecule has 0 unspecified atom stereocenters. The molecule has 0 aliphatic carbocycles. The van der Waals surface area contributed by atoms with Crippen LogP contribution in [0.25, 0.3) is 0 Å². The lowest BCUT2D eigenvalue weighted by molar-refractivity contribution is -0.138. The molecule has 0 spiro atoms. The number of hydrogen-bond acceptors (Lipinski definition) is 3. The first-order valence-electron chi connectivity index (χ1n) is 6.40. The van der Waals surface area contributed by atoms with E-state index in [4.69, 9.17) is 0 Å². The van der Waals surface area contributed by atoms with E-state index in [1.165, 1.54) is 0 Å². The number of carbonyl (C=O) groups excluding carboxylic acids is 1. The Bertz CT molecular complexity index is 251. The zero-order chi connectivity index (χ0) is 11.5. The minimum Gasteiger partial charge on any atom is -0.393 e. The summed E-state index contributed by atoms with van der Waals surface area (Å²) in [6.45, 7) is 5.34. The van der Waals surface area contributed by atoms with Gasteiger partial charge in [-0.15, -0.1) is 0 Å². The maximum absolute atomic E-state index is 12.2. The molecular formula is C12H22N2O2. The van der Waals surface area contributed by atoms with Crippen molar-refractivity contribution in [3.63, 3.8) is 0 Å². The maximum Gasteiger partial charge on any atom is 0.227 e. The Morgan fingerprint density at radius 3 is 2.94 bits per heavy atom. The lowest BCUT2D eigenvalue weighted by Crippen LogP contribution is -2.48. The lowest BCUT2D eigenvalue weighted by Gasteiger charge is -2.37. The van der Waals surface area contributed by atoms with Gasteiger partial charge >= 0.3 is 0 Å². The zero-order valence-electron chi connectivity index (χ0n) is 9.98. The van der Waals surface area contributed by atoms with Crippen molar-refractivity contribution in [1.29, 1.82) is 0 Å². The van der Waals surface area contributed by atoms with E-state index in [0.29, 0.717) is 0 Å². The normalized spacial score (nSPS) is 35.4. The van der Waals surface area contributed by atoms with Crippen LogP contribution in [0.4, 0.5) is 0 Å². The lowest BCUT2D eigenvalue weighted by atomic mass is 9.91. The monoisotopic (exact) mass is 226 g/mol. The largest absolute Gasteiger partial charge is 0.393 e. The molecule has 2 heterocycles. The van der Waals surface area contributed by atoms with Crippen LogP contribution in [0.1, 0.15) is 26.2 Å². The van der Waals surface area contributed by atoms with Gasteiger partial charge in [0.15, 0.2) is 0 Å². The van der Waals surface area contributed by atoms with Crippen molar-refractivity contribution in [2.45, 2.75) is 32.3 Å². The summed E-state index contributed by atoms with van der Waals surface area (Å²) in [6, 6.07) is 0. The quantitative estimate of drug-likeness (QED) is 0.708. The molecule has 0 aromatic carbocycles. The van der Waals surface area contributed by atoms with Gasteiger partial charge in [-0.3, -0.25) is 4.79 Å². The summed E-state index contributed by atoms with van der Waals surface area (Å²) in [4.78, 5) is 14.1. The molecule has 2 aliphatic heterocycles. The number of amides is 1. The van der Waals surface area contributed by atoms with Crippen molar-refractivity contribution in [3.05, 3.63) is 0 Å². The van der Waals surface area contributed by atoms with E-state index >= 15 is 0 Å². The van der Waals surface area contributed by atoms with E-state index in [-0.39, 0.29) is 23.8 Å². The molecular weight excluding hydrogens is 204 g/mol. The van der Waals surface area contributed by atoms with Gasteiger partial charge in [0.2, 0.25) is 5.91 Å². The number of piperidine rings is 1. The third-order valence-corrected chi connectivity index (χ3v) is 3.94. The first kappa shape index (κ1) is 11.9. The van der Waals surface area contributed by atoms with Crippen LogP contribution in [0, 0.1) is 11.8 Å². The fraction of sp³-hybridized carbons (Fsp3) is 0.917. The molecule has 1 amide bonds. The zero-order valence-corrected chi connectivity index (χ0v) is 9.98. The second-order valence-electron chi connectivity index (χ2n) is 5.00. The summed E-state index contributed by atoms with van der Waals surface area (Å²) >= 11 is 0. The highest BCUT2D eigenvalue weighted by Crippen LogP contribution is 2.22. The Hall–Kier alpha value is -0.610. The summed E-state index contributed by atoms with van der Waals surface area (Å²) in [5.41, 5.74) is 0. The van der Waals surface area contributed by atoms with Gasteiger partial charge in [0.05, 0.1) is 12.0 Å². The fourth-order valence-electron chi connectivity index (χ4n) is 2.74. The summed E-state index contributed by atoms with van der Waals surface area (Å²) in [6.07, 6.45) is 2.45. The van der Waals surface area contributed by atoms with E-state index < -0.39 is 0 Å². The standard InChI is InChI=1S/C12H22N2O2/c1-2-9-8-14(6-4-11(9)15)12(16)10-3-5-13-7-10/h9-11,13,15H,2-8H2,1H3/t9-,10-,11-/m1/s1. The highest BCUT2D eigenvalue weighted by molar-refractivity contribution is 5.79. The number of nitrogens with zero attached hydrogens (tertiary/aromatic N) is 1. The van der Waals surface area contributed by atoms with Crippen molar-refractivity contribution in [2.75, 3.05) is 26.2 Å². The second kappa shape index (κ2) is 5.15. The van der Waals surface area contributed by atoms with Gasteiger partial charge in [0.25, 0.3) is 0 Å². The van der Waals surface area contributed by atoms with Gasteiger partial charge in [0, 0.05) is 25.6 Å². The van der Waals surface area contributed by atoms with E-state index in [9.17, 15) is 9.90 Å². The maximum atomic E-state index is 12.2. The molecule has 2 fully saturated rings. The molecule has 0 aromatic rings. The Balaban J connectivity index is 1.91. The summed E-state index contributed by atoms with van der Waals surface area (Å²) in [7, 11) is 0. The second-order valence-corrected chi connectivity index (χ2v) is 5.00. The van der Waals surface area contributed by atoms with Gasteiger partial charge in [-0.2, -0.15) is 0 Å². The van der Waals surface area contributed by atoms with Crippen LogP contribution in [-0.2, 0) is 4.79 Å². The van der Waals surface area contributed by atoms with Crippen molar-refractivity contribution in [3.8, 4) is 0 Å². The molecule has 0 aromatic heterocycles. The predicted octanol–water partition coefficient (Wildman–Crippen LogP) is 0.215. The van der Waals surface area contributed by atoms with Gasteiger partial charge < -0.3 is 15.3 Å². The van der Waals surface area contributed by atoms with E-state index in [1.807, 2.05) is 4.90 Å². The highest BCUT2D eigenvalue weighted by Gasteiger charge is 2.33. The van der Waals surface area contributed by atoms with Crippen LogP contribution in [-0.4, -0.2) is 48.2 Å². The molecule has 92 valence electrons. The summed E-state index contributed by atoms with van der Waals surface area (Å²) < 4.78 is 0. The van der Waals surface area contributed by atoms with Crippen LogP contribution >= 0.6 is 0 Å². The highest BCUT2D eigenvalue weighted by atomic mass is 16.3. The number of carbonyl (C=O) groups is 1. The van der Waals surface area contributed by atoms with Crippen molar-refractivity contribution < 1.29 is 9.90 Å². The molecule has 0 bridgehead atoms. The van der Waals surface area contributed by atoms with Crippen LogP contribution in [0.5, 0.6) is 0 Å². The molecule has 0 radical (unpaired) electrons. The summed E-state index contributed by atoms with van der Waals surface area (Å²) in [5, 5.41) is 13.0. The molecule has 2 aliphatic rings. The average Bonchev–Trinajstić information content (AvgIpc) is 2.82. The number of rotatable bonds is 2. The van der Waals surface area contributed by atoms with Gasteiger partial charge in [-0.1, -0.05) is 6.92 Å². The van der Waals surface area contributed by atoms with Gasteiger partial charge in [0.1, 0.15) is 0 Å². The van der Waals surface area contributed by atoms with Crippen molar-refractivity contribution in [1.82, 2.24) is 10.2 Å². The number of hydrogen-bond donors (Lipinski definition) is 2. The number of aliphatic hydroxyl groups is 1.